The van der Waals surface area contributed by atoms with Crippen LogP contribution in [0.3, 0.4) is 0 Å². The van der Waals surface area contributed by atoms with E-state index >= 15 is 0 Å². The Morgan fingerprint density at radius 2 is 1.79 bits per heavy atom. The van der Waals surface area contributed by atoms with E-state index in [0.717, 1.165) is 0 Å². The maximum atomic E-state index is 13.7. The quantitative estimate of drug-likeness (QED) is 0.744. The van der Waals surface area contributed by atoms with E-state index in [4.69, 9.17) is 16.3 Å². The number of hydrogen-bond donors (Lipinski definition) is 1. The summed E-state index contributed by atoms with van der Waals surface area (Å²) in [6.07, 6.45) is 0. The van der Waals surface area contributed by atoms with Crippen molar-refractivity contribution in [1.82, 2.24) is 9.21 Å². The van der Waals surface area contributed by atoms with Gasteiger partial charge in [-0.25, -0.2) is 12.8 Å². The van der Waals surface area contributed by atoms with E-state index in [2.05, 4.69) is 5.32 Å². The van der Waals surface area contributed by atoms with Crippen molar-refractivity contribution in [1.29, 1.82) is 0 Å². The van der Waals surface area contributed by atoms with Crippen molar-refractivity contribution in [3.63, 3.8) is 0 Å². The van der Waals surface area contributed by atoms with Crippen LogP contribution in [0.25, 0.3) is 0 Å². The van der Waals surface area contributed by atoms with Gasteiger partial charge in [0.05, 0.1) is 18.6 Å². The first-order valence-electron chi connectivity index (χ1n) is 8.92. The minimum Gasteiger partial charge on any atom is -0.494 e. The van der Waals surface area contributed by atoms with Crippen LogP contribution in [0.2, 0.25) is 5.02 Å². The van der Waals surface area contributed by atoms with Gasteiger partial charge in [-0.1, -0.05) is 11.6 Å². The summed E-state index contributed by atoms with van der Waals surface area (Å²) in [5, 5.41) is 3.34. The molecule has 7 nitrogen and oxygen atoms in total. The minimum atomic E-state index is -3.63. The molecule has 1 amide bonds. The smallest absolute Gasteiger partial charge is 0.243 e. The number of hydrogen-bond acceptors (Lipinski definition) is 5. The third-order valence-electron chi connectivity index (χ3n) is 4.64. The number of anilines is 1. The highest BCUT2D eigenvalue weighted by Gasteiger charge is 2.29. The molecular formula is C19H21ClFN3O4S. The molecule has 1 fully saturated rings. The van der Waals surface area contributed by atoms with Gasteiger partial charge in [0.1, 0.15) is 0 Å². The number of ether oxygens (including phenoxy) is 1. The SMILES string of the molecule is COc1ccc(NCC(=O)N2CCN(S(=O)(=O)c3ccc(Cl)cc3)CC2)cc1F. The molecule has 2 aromatic rings. The predicted octanol–water partition coefficient (Wildman–Crippen LogP) is 2.43. The number of methoxy groups -OCH3 is 1. The zero-order chi connectivity index (χ0) is 21.0. The summed E-state index contributed by atoms with van der Waals surface area (Å²) in [4.78, 5) is 14.2. The number of piperazine rings is 1. The molecule has 2 aromatic carbocycles. The van der Waals surface area contributed by atoms with Crippen LogP contribution in [0.4, 0.5) is 10.1 Å². The zero-order valence-electron chi connectivity index (χ0n) is 15.8. The molecule has 3 rings (SSSR count). The van der Waals surface area contributed by atoms with Crippen molar-refractivity contribution < 1.29 is 22.3 Å². The molecule has 1 N–H and O–H groups in total. The summed E-state index contributed by atoms with van der Waals surface area (Å²) in [7, 11) is -2.25. The molecule has 0 spiro atoms. The van der Waals surface area contributed by atoms with E-state index < -0.39 is 15.8 Å². The molecule has 0 unspecified atom stereocenters. The first-order valence-corrected chi connectivity index (χ1v) is 10.7. The molecule has 29 heavy (non-hydrogen) atoms. The summed E-state index contributed by atoms with van der Waals surface area (Å²) in [5.74, 6) is -0.587. The standard InChI is InChI=1S/C19H21ClFN3O4S/c1-28-18-7-4-15(12-17(18)21)22-13-19(25)23-8-10-24(11-9-23)29(26,27)16-5-2-14(20)3-6-16/h2-7,12,22H,8-11,13H2,1H3. The number of sulfonamides is 1. The van der Waals surface area contributed by atoms with Crippen molar-refractivity contribution >= 4 is 33.2 Å². The summed E-state index contributed by atoms with van der Waals surface area (Å²) in [6, 6.07) is 10.3. The van der Waals surface area contributed by atoms with Gasteiger partial charge >= 0.3 is 0 Å². The first kappa shape index (κ1) is 21.4. The van der Waals surface area contributed by atoms with Gasteiger partial charge in [0.25, 0.3) is 0 Å². The van der Waals surface area contributed by atoms with Crippen molar-refractivity contribution in [3.8, 4) is 5.75 Å². The Bertz CT molecular complexity index is 977. The van der Waals surface area contributed by atoms with Gasteiger partial charge in [0.2, 0.25) is 15.9 Å². The van der Waals surface area contributed by atoms with Gasteiger partial charge in [-0.15, -0.1) is 0 Å². The van der Waals surface area contributed by atoms with Crippen LogP contribution in [-0.4, -0.2) is 63.4 Å². The van der Waals surface area contributed by atoms with Gasteiger partial charge in [0, 0.05) is 43.0 Å². The monoisotopic (exact) mass is 441 g/mol. The number of carbonyl (C=O) groups excluding carboxylic acids is 1. The summed E-state index contributed by atoms with van der Waals surface area (Å²) in [5.41, 5.74) is 0.459. The molecule has 0 aromatic heterocycles. The van der Waals surface area contributed by atoms with Crippen molar-refractivity contribution in [3.05, 3.63) is 53.3 Å². The summed E-state index contributed by atoms with van der Waals surface area (Å²) in [6.45, 7) is 0.950. The number of carbonyl (C=O) groups is 1. The van der Waals surface area contributed by atoms with Crippen LogP contribution in [-0.2, 0) is 14.8 Å². The average molecular weight is 442 g/mol. The second-order valence-corrected chi connectivity index (χ2v) is 8.82. The van der Waals surface area contributed by atoms with E-state index in [1.54, 1.807) is 11.0 Å². The molecule has 0 radical (unpaired) electrons. The Kier molecular flexibility index (Phi) is 6.61. The third kappa shape index (κ3) is 4.98. The number of nitrogens with one attached hydrogen (secondary N) is 1. The lowest BCUT2D eigenvalue weighted by atomic mass is 10.3. The Morgan fingerprint density at radius 1 is 1.14 bits per heavy atom. The maximum Gasteiger partial charge on any atom is 0.243 e. The van der Waals surface area contributed by atoms with Gasteiger partial charge in [-0.2, -0.15) is 4.31 Å². The lowest BCUT2D eigenvalue weighted by Gasteiger charge is -2.34. The van der Waals surface area contributed by atoms with E-state index in [1.165, 1.54) is 47.8 Å². The molecule has 1 aliphatic rings. The predicted molar refractivity (Wildman–Crippen MR) is 108 cm³/mol. The normalized spacial score (nSPS) is 15.2. The summed E-state index contributed by atoms with van der Waals surface area (Å²) < 4.78 is 45.3. The molecule has 1 saturated heterocycles. The van der Waals surface area contributed by atoms with Crippen LogP contribution < -0.4 is 10.1 Å². The largest absolute Gasteiger partial charge is 0.494 e. The highest BCUT2D eigenvalue weighted by Crippen LogP contribution is 2.21. The highest BCUT2D eigenvalue weighted by molar-refractivity contribution is 7.89. The minimum absolute atomic E-state index is 0.0182. The Morgan fingerprint density at radius 3 is 2.38 bits per heavy atom. The van der Waals surface area contributed by atoms with E-state index in [-0.39, 0.29) is 49.3 Å². The van der Waals surface area contributed by atoms with Crippen molar-refractivity contribution in [2.75, 3.05) is 45.2 Å². The zero-order valence-corrected chi connectivity index (χ0v) is 17.3. The fourth-order valence-corrected chi connectivity index (χ4v) is 4.55. The molecule has 0 bridgehead atoms. The first-order chi connectivity index (χ1) is 13.8. The molecule has 1 heterocycles. The Balaban J connectivity index is 1.54. The number of halogens is 2. The maximum absolute atomic E-state index is 13.7. The van der Waals surface area contributed by atoms with Gasteiger partial charge in [0.15, 0.2) is 11.6 Å². The molecule has 156 valence electrons. The highest BCUT2D eigenvalue weighted by atomic mass is 35.5. The van der Waals surface area contributed by atoms with Crippen LogP contribution in [0, 0.1) is 5.82 Å². The molecule has 0 atom stereocenters. The van der Waals surface area contributed by atoms with Crippen LogP contribution in [0.1, 0.15) is 0 Å². The summed E-state index contributed by atoms with van der Waals surface area (Å²) >= 11 is 5.81. The second kappa shape index (κ2) is 8.98. The lowest BCUT2D eigenvalue weighted by Crippen LogP contribution is -2.51. The fourth-order valence-electron chi connectivity index (χ4n) is 3.00. The van der Waals surface area contributed by atoms with E-state index in [0.29, 0.717) is 10.7 Å². The number of rotatable bonds is 6. The molecular weight excluding hydrogens is 421 g/mol. The van der Waals surface area contributed by atoms with Crippen LogP contribution in [0.5, 0.6) is 5.75 Å². The van der Waals surface area contributed by atoms with Gasteiger partial charge in [-0.05, 0) is 36.4 Å². The van der Waals surface area contributed by atoms with Gasteiger partial charge < -0.3 is 15.0 Å². The second-order valence-electron chi connectivity index (χ2n) is 6.44. The topological polar surface area (TPSA) is 79.0 Å². The van der Waals surface area contributed by atoms with E-state index in [9.17, 15) is 17.6 Å². The number of benzene rings is 2. The number of nitrogens with zero attached hydrogens (tertiary/aromatic N) is 2. The van der Waals surface area contributed by atoms with Gasteiger partial charge in [-0.3, -0.25) is 4.79 Å². The Hall–Kier alpha value is -2.36. The van der Waals surface area contributed by atoms with Crippen LogP contribution >= 0.6 is 11.6 Å². The van der Waals surface area contributed by atoms with Crippen molar-refractivity contribution in [2.45, 2.75) is 4.90 Å². The molecule has 0 aliphatic carbocycles. The fraction of sp³-hybridized carbons (Fsp3) is 0.316. The number of amides is 1. The van der Waals surface area contributed by atoms with Crippen molar-refractivity contribution in [2.24, 2.45) is 0 Å². The van der Waals surface area contributed by atoms with E-state index in [1.807, 2.05) is 0 Å². The average Bonchev–Trinajstić information content (AvgIpc) is 2.72. The molecule has 1 aliphatic heterocycles. The van der Waals surface area contributed by atoms with Crippen LogP contribution in [0.15, 0.2) is 47.4 Å². The lowest BCUT2D eigenvalue weighted by molar-refractivity contribution is -0.130. The molecule has 10 heteroatoms. The Labute approximate surface area is 174 Å². The molecule has 0 saturated carbocycles. The third-order valence-corrected chi connectivity index (χ3v) is 6.80.